The van der Waals surface area contributed by atoms with Crippen molar-refractivity contribution in [3.63, 3.8) is 0 Å². The Morgan fingerprint density at radius 2 is 1.86 bits per heavy atom. The topological polar surface area (TPSA) is 26.3 Å². The number of carbonyl (C=O) groups is 1. The molecule has 0 radical (unpaired) electrons. The van der Waals surface area contributed by atoms with Crippen LogP contribution in [0.5, 0.6) is 0 Å². The highest BCUT2D eigenvalue weighted by Gasteiger charge is 2.76. The molecule has 9 atom stereocenters. The van der Waals surface area contributed by atoms with Gasteiger partial charge in [0.2, 0.25) is 0 Å². The standard InChI is InChI=1S/C27H44O2/c1-17(2)8-6-9-18(3)20-14-19-16-27(19)24(20)26(5)13-12-25(4)11-7-10-21(25)22(26)15-23(28)29-27/h17-22,24H,6-16H2,1-5H3. The largest absolute Gasteiger partial charge is 0.458 e. The molecule has 1 aliphatic heterocycles. The summed E-state index contributed by atoms with van der Waals surface area (Å²) in [7, 11) is 0. The number of esters is 1. The first-order valence-electron chi connectivity index (χ1n) is 12.9. The zero-order chi connectivity index (χ0) is 20.6. The summed E-state index contributed by atoms with van der Waals surface area (Å²) in [5.74, 6) is 5.10. The monoisotopic (exact) mass is 400 g/mol. The minimum absolute atomic E-state index is 0.0656. The Balaban J connectivity index is 1.45. The maximum Gasteiger partial charge on any atom is 0.306 e. The van der Waals surface area contributed by atoms with Gasteiger partial charge in [0.05, 0.1) is 0 Å². The number of hydrogen-bond acceptors (Lipinski definition) is 2. The molecule has 29 heavy (non-hydrogen) atoms. The Morgan fingerprint density at radius 1 is 1.07 bits per heavy atom. The average molecular weight is 401 g/mol. The van der Waals surface area contributed by atoms with Crippen LogP contribution in [0.3, 0.4) is 0 Å². The van der Waals surface area contributed by atoms with Crippen LogP contribution in [0.2, 0.25) is 0 Å². The number of ether oxygens (including phenoxy) is 1. The average Bonchev–Trinajstić information content (AvgIpc) is 3.03. The molecular formula is C27H44O2. The van der Waals surface area contributed by atoms with Crippen molar-refractivity contribution in [2.45, 2.75) is 111 Å². The first-order chi connectivity index (χ1) is 13.7. The molecule has 164 valence electrons. The van der Waals surface area contributed by atoms with Gasteiger partial charge in [0.15, 0.2) is 0 Å². The lowest BCUT2D eigenvalue weighted by molar-refractivity contribution is -0.154. The smallest absolute Gasteiger partial charge is 0.306 e. The first-order valence-corrected chi connectivity index (χ1v) is 12.9. The molecule has 0 amide bonds. The lowest BCUT2D eigenvalue weighted by Crippen LogP contribution is -2.52. The van der Waals surface area contributed by atoms with Gasteiger partial charge in [-0.15, -0.1) is 0 Å². The van der Waals surface area contributed by atoms with E-state index in [0.717, 1.165) is 23.7 Å². The molecule has 5 fully saturated rings. The summed E-state index contributed by atoms with van der Waals surface area (Å²) in [5.41, 5.74) is 0.731. The van der Waals surface area contributed by atoms with Crippen LogP contribution in [0.25, 0.3) is 0 Å². The Labute approximate surface area is 178 Å². The maximum absolute atomic E-state index is 13.0. The van der Waals surface area contributed by atoms with E-state index in [9.17, 15) is 4.79 Å². The summed E-state index contributed by atoms with van der Waals surface area (Å²) in [4.78, 5) is 13.0. The molecule has 0 aromatic heterocycles. The molecule has 4 saturated carbocycles. The highest BCUT2D eigenvalue weighted by Crippen LogP contribution is 2.75. The van der Waals surface area contributed by atoms with E-state index >= 15 is 0 Å². The second-order valence-electron chi connectivity index (χ2n) is 13.0. The van der Waals surface area contributed by atoms with Gasteiger partial charge in [-0.05, 0) is 78.9 Å². The highest BCUT2D eigenvalue weighted by atomic mass is 16.6. The zero-order valence-electron chi connectivity index (χ0n) is 19.6. The second kappa shape index (κ2) is 6.73. The van der Waals surface area contributed by atoms with Crippen molar-refractivity contribution in [1.29, 1.82) is 0 Å². The van der Waals surface area contributed by atoms with E-state index in [4.69, 9.17) is 4.74 Å². The van der Waals surface area contributed by atoms with Crippen molar-refractivity contribution in [2.75, 3.05) is 0 Å². The Hall–Kier alpha value is -0.530. The van der Waals surface area contributed by atoms with Gasteiger partial charge in [0.25, 0.3) is 0 Å². The van der Waals surface area contributed by atoms with Gasteiger partial charge in [-0.3, -0.25) is 4.79 Å². The molecule has 1 heterocycles. The molecule has 0 aromatic carbocycles. The van der Waals surface area contributed by atoms with Crippen molar-refractivity contribution in [3.8, 4) is 0 Å². The lowest BCUT2D eigenvalue weighted by atomic mass is 9.48. The summed E-state index contributed by atoms with van der Waals surface area (Å²) in [6.07, 6.45) is 14.1. The van der Waals surface area contributed by atoms with E-state index < -0.39 is 0 Å². The summed E-state index contributed by atoms with van der Waals surface area (Å²) in [6, 6.07) is 0. The van der Waals surface area contributed by atoms with Crippen molar-refractivity contribution in [2.24, 2.45) is 52.3 Å². The molecule has 0 bridgehead atoms. The van der Waals surface area contributed by atoms with Crippen LogP contribution < -0.4 is 0 Å². The summed E-state index contributed by atoms with van der Waals surface area (Å²) < 4.78 is 6.42. The lowest BCUT2D eigenvalue weighted by Gasteiger charge is -2.56. The Kier molecular flexibility index (Phi) is 4.73. The fraction of sp³-hybridized carbons (Fsp3) is 0.963. The minimum atomic E-state index is -0.0656. The molecule has 2 heteroatoms. The molecule has 0 aromatic rings. The quantitative estimate of drug-likeness (QED) is 0.464. The molecule has 1 spiro atoms. The maximum atomic E-state index is 13.0. The predicted octanol–water partition coefficient (Wildman–Crippen LogP) is 7.01. The number of carbonyl (C=O) groups excluding carboxylic acids is 1. The van der Waals surface area contributed by atoms with Crippen LogP contribution >= 0.6 is 0 Å². The third-order valence-corrected chi connectivity index (χ3v) is 10.9. The van der Waals surface area contributed by atoms with E-state index in [2.05, 4.69) is 34.6 Å². The van der Waals surface area contributed by atoms with E-state index in [0.29, 0.717) is 35.0 Å². The van der Waals surface area contributed by atoms with Crippen molar-refractivity contribution in [1.82, 2.24) is 0 Å². The molecule has 9 unspecified atom stereocenters. The fourth-order valence-electron chi connectivity index (χ4n) is 9.33. The van der Waals surface area contributed by atoms with Gasteiger partial charge in [0.1, 0.15) is 5.60 Å². The predicted molar refractivity (Wildman–Crippen MR) is 117 cm³/mol. The number of fused-ring (bicyclic) bond motifs is 4. The molecule has 2 nitrogen and oxygen atoms in total. The van der Waals surface area contributed by atoms with Gasteiger partial charge in [-0.25, -0.2) is 0 Å². The minimum Gasteiger partial charge on any atom is -0.458 e. The number of rotatable bonds is 5. The summed E-state index contributed by atoms with van der Waals surface area (Å²) >= 11 is 0. The van der Waals surface area contributed by atoms with Crippen LogP contribution in [0.1, 0.15) is 105 Å². The van der Waals surface area contributed by atoms with E-state index in [1.54, 1.807) is 0 Å². The van der Waals surface area contributed by atoms with Crippen LogP contribution in [0.15, 0.2) is 0 Å². The van der Waals surface area contributed by atoms with E-state index in [-0.39, 0.29) is 11.6 Å². The van der Waals surface area contributed by atoms with Gasteiger partial charge < -0.3 is 4.74 Å². The van der Waals surface area contributed by atoms with Gasteiger partial charge in [0, 0.05) is 18.3 Å². The Bertz CT molecular complexity index is 669. The third-order valence-electron chi connectivity index (χ3n) is 10.9. The molecule has 1 saturated heterocycles. The van der Waals surface area contributed by atoms with Crippen molar-refractivity contribution < 1.29 is 9.53 Å². The van der Waals surface area contributed by atoms with Crippen LogP contribution in [0.4, 0.5) is 0 Å². The van der Waals surface area contributed by atoms with Gasteiger partial charge >= 0.3 is 5.97 Å². The normalized spacial score (nSPS) is 51.5. The SMILES string of the molecule is CC(C)CCCC(C)C1CC2CC23OC(=O)CC2C4CCCC4(C)CCC2(C)C13. The number of hydrogen-bond donors (Lipinski definition) is 0. The highest BCUT2D eigenvalue weighted by molar-refractivity contribution is 5.72. The molecule has 4 aliphatic carbocycles. The molecule has 5 aliphatic rings. The third kappa shape index (κ3) is 2.97. The van der Waals surface area contributed by atoms with Crippen LogP contribution in [-0.2, 0) is 9.53 Å². The van der Waals surface area contributed by atoms with E-state index in [1.807, 2.05) is 0 Å². The summed E-state index contributed by atoms with van der Waals surface area (Å²) in [5, 5.41) is 0. The van der Waals surface area contributed by atoms with Crippen LogP contribution in [-0.4, -0.2) is 11.6 Å². The molecular weight excluding hydrogens is 356 g/mol. The van der Waals surface area contributed by atoms with Gasteiger partial charge in [-0.2, -0.15) is 0 Å². The van der Waals surface area contributed by atoms with Gasteiger partial charge in [-0.1, -0.05) is 60.3 Å². The molecule has 0 N–H and O–H groups in total. The van der Waals surface area contributed by atoms with Crippen LogP contribution in [0, 0.1) is 52.3 Å². The second-order valence-corrected chi connectivity index (χ2v) is 13.0. The van der Waals surface area contributed by atoms with E-state index in [1.165, 1.54) is 64.2 Å². The summed E-state index contributed by atoms with van der Waals surface area (Å²) in [6.45, 7) is 12.4. The van der Waals surface area contributed by atoms with Crippen molar-refractivity contribution >= 4 is 5.97 Å². The first kappa shape index (κ1) is 20.4. The zero-order valence-corrected chi connectivity index (χ0v) is 19.6. The molecule has 5 rings (SSSR count). The fourth-order valence-corrected chi connectivity index (χ4v) is 9.33. The Morgan fingerprint density at radius 3 is 2.62 bits per heavy atom. The van der Waals surface area contributed by atoms with Crippen molar-refractivity contribution in [3.05, 3.63) is 0 Å².